The maximum absolute atomic E-state index is 14.1. The Hall–Kier alpha value is -2.90. The largest absolute Gasteiger partial charge is 0.503 e. The maximum atomic E-state index is 14.1. The number of imide groups is 2. The van der Waals surface area contributed by atoms with Crippen molar-refractivity contribution in [2.24, 2.45) is 17.8 Å². The van der Waals surface area contributed by atoms with Gasteiger partial charge in [-0.25, -0.2) is 0 Å². The van der Waals surface area contributed by atoms with Gasteiger partial charge in [0.05, 0.1) is 29.1 Å². The van der Waals surface area contributed by atoms with Gasteiger partial charge < -0.3 is 19.9 Å². The summed E-state index contributed by atoms with van der Waals surface area (Å²) < 4.78 is 5.60. The van der Waals surface area contributed by atoms with Gasteiger partial charge >= 0.3 is 7.12 Å². The fourth-order valence-corrected chi connectivity index (χ4v) is 8.59. The predicted octanol–water partition coefficient (Wildman–Crippen LogP) is 2.04. The van der Waals surface area contributed by atoms with Gasteiger partial charge in [0, 0.05) is 13.0 Å². The number of halogens is 3. The Bertz CT molecular complexity index is 1620. The lowest BCUT2D eigenvalue weighted by molar-refractivity contribution is -0.138. The number of benzene rings is 2. The molecular weight excluding hydrogens is 654 g/mol. The minimum Gasteiger partial charge on any atom is -0.503 e. The van der Waals surface area contributed by atoms with Crippen molar-refractivity contribution >= 4 is 81.0 Å². The molecule has 0 radical (unpaired) electrons. The van der Waals surface area contributed by atoms with E-state index in [-0.39, 0.29) is 40.0 Å². The van der Waals surface area contributed by atoms with E-state index in [2.05, 4.69) is 15.9 Å². The number of rotatable bonds is 4. The molecular formula is C28H24BBrCl2N2O8. The average Bonchev–Trinajstić information content (AvgIpc) is 3.29. The van der Waals surface area contributed by atoms with Crippen LogP contribution in [0.5, 0.6) is 11.5 Å². The normalized spacial score (nSPS) is 32.0. The first-order chi connectivity index (χ1) is 19.8. The summed E-state index contributed by atoms with van der Waals surface area (Å²) in [5.74, 6) is -5.95. The fourth-order valence-electron chi connectivity index (χ4n) is 7.11. The lowest BCUT2D eigenvalue weighted by Crippen LogP contribution is -2.60. The van der Waals surface area contributed by atoms with Crippen LogP contribution in [0, 0.1) is 17.8 Å². The second-order valence-electron chi connectivity index (χ2n) is 11.0. The van der Waals surface area contributed by atoms with Gasteiger partial charge in [0.15, 0.2) is 21.2 Å². The van der Waals surface area contributed by atoms with E-state index in [0.717, 1.165) is 9.80 Å². The molecule has 218 valence electrons. The molecule has 10 nitrogen and oxygen atoms in total. The van der Waals surface area contributed by atoms with Gasteiger partial charge in [0.25, 0.3) is 11.8 Å². The van der Waals surface area contributed by atoms with Crippen LogP contribution in [-0.2, 0) is 19.2 Å². The molecule has 2 aromatic carbocycles. The molecule has 14 heteroatoms. The summed E-state index contributed by atoms with van der Waals surface area (Å²) in [6.45, 7) is 0. The molecule has 2 aliphatic heterocycles. The highest BCUT2D eigenvalue weighted by Crippen LogP contribution is 2.65. The first kappa shape index (κ1) is 29.2. The minimum absolute atomic E-state index is 0.0885. The van der Waals surface area contributed by atoms with E-state index in [1.54, 1.807) is 12.1 Å². The quantitative estimate of drug-likeness (QED) is 0.193. The maximum Gasteiger partial charge on any atom is 0.488 e. The van der Waals surface area contributed by atoms with Crippen LogP contribution in [0.3, 0.4) is 0 Å². The molecule has 3 N–H and O–H groups in total. The van der Waals surface area contributed by atoms with E-state index >= 15 is 0 Å². The van der Waals surface area contributed by atoms with Crippen molar-refractivity contribution in [2.75, 3.05) is 19.1 Å². The monoisotopic (exact) mass is 676 g/mol. The minimum atomic E-state index is -1.98. The molecule has 2 aromatic rings. The third-order valence-corrected chi connectivity index (χ3v) is 11.1. The van der Waals surface area contributed by atoms with Crippen molar-refractivity contribution in [3.8, 4) is 11.5 Å². The number of ether oxygens (including phenoxy) is 1. The van der Waals surface area contributed by atoms with E-state index in [1.165, 1.54) is 44.5 Å². The van der Waals surface area contributed by atoms with Crippen LogP contribution in [0.25, 0.3) is 0 Å². The summed E-state index contributed by atoms with van der Waals surface area (Å²) in [5.41, 5.74) is 1.29. The second-order valence-corrected chi connectivity index (χ2v) is 13.1. The number of hydrogen-bond donors (Lipinski definition) is 3. The molecule has 2 saturated heterocycles. The molecule has 3 fully saturated rings. The summed E-state index contributed by atoms with van der Waals surface area (Å²) in [6.07, 6.45) is 1.78. The molecule has 6 atom stereocenters. The Morgan fingerprint density at radius 2 is 1.76 bits per heavy atom. The van der Waals surface area contributed by atoms with E-state index in [0.29, 0.717) is 11.1 Å². The fraction of sp³-hybridized carbons (Fsp3) is 0.357. The first-order valence-electron chi connectivity index (χ1n) is 13.1. The SMILES string of the molecule is COc1cc([C@H]2C3=CC[C@@H]4C(=O)N(c5cccc(B(O)O)c5)C(=O)[C@@H]4[C@@H]3C[C@@]3(Cl)C(=O)N(C)C(=O)[C@@]23Cl)cc(Br)c1O. The Balaban J connectivity index is 1.52. The molecule has 0 bridgehead atoms. The van der Waals surface area contributed by atoms with Gasteiger partial charge in [-0.1, -0.05) is 23.8 Å². The van der Waals surface area contributed by atoms with Crippen LogP contribution >= 0.6 is 39.1 Å². The highest BCUT2D eigenvalue weighted by Gasteiger charge is 2.76. The van der Waals surface area contributed by atoms with E-state index in [9.17, 15) is 34.3 Å². The van der Waals surface area contributed by atoms with E-state index in [1.807, 2.05) is 0 Å². The highest BCUT2D eigenvalue weighted by molar-refractivity contribution is 9.10. The van der Waals surface area contributed by atoms with E-state index in [4.69, 9.17) is 27.9 Å². The molecule has 4 amide bonds. The highest BCUT2D eigenvalue weighted by atomic mass is 79.9. The number of likely N-dealkylation sites (tertiary alicyclic amines) is 1. The van der Waals surface area contributed by atoms with Crippen LogP contribution in [0.1, 0.15) is 24.3 Å². The lowest BCUT2D eigenvalue weighted by atomic mass is 9.56. The molecule has 1 saturated carbocycles. The zero-order valence-corrected chi connectivity index (χ0v) is 25.4. The summed E-state index contributed by atoms with van der Waals surface area (Å²) in [5, 5.41) is 29.8. The molecule has 0 unspecified atom stereocenters. The Morgan fingerprint density at radius 3 is 2.43 bits per heavy atom. The molecule has 2 aliphatic carbocycles. The smallest absolute Gasteiger partial charge is 0.488 e. The number of phenols is 1. The number of methoxy groups -OCH3 is 1. The Labute approximate surface area is 259 Å². The third-order valence-electron chi connectivity index (χ3n) is 9.04. The molecule has 4 aliphatic rings. The topological polar surface area (TPSA) is 145 Å². The Morgan fingerprint density at radius 1 is 1.05 bits per heavy atom. The van der Waals surface area contributed by atoms with Gasteiger partial charge in [-0.3, -0.25) is 29.0 Å². The number of hydrogen-bond acceptors (Lipinski definition) is 8. The number of anilines is 1. The summed E-state index contributed by atoms with van der Waals surface area (Å²) in [4.78, 5) is 53.0. The summed E-state index contributed by atoms with van der Waals surface area (Å²) in [6, 6.07) is 8.93. The zero-order chi connectivity index (χ0) is 30.5. The number of nitrogens with zero attached hydrogens (tertiary/aromatic N) is 2. The number of alkyl halides is 2. The molecule has 0 aromatic heterocycles. The zero-order valence-electron chi connectivity index (χ0n) is 22.3. The average molecular weight is 678 g/mol. The van der Waals surface area contributed by atoms with Gasteiger partial charge in [0.1, 0.15) is 0 Å². The third kappa shape index (κ3) is 3.71. The number of allylic oxidation sites excluding steroid dienone is 2. The molecule has 0 spiro atoms. The summed E-state index contributed by atoms with van der Waals surface area (Å²) >= 11 is 17.7. The van der Waals surface area contributed by atoms with Gasteiger partial charge in [-0.2, -0.15) is 0 Å². The van der Waals surface area contributed by atoms with Crippen molar-refractivity contribution < 1.29 is 39.1 Å². The standard InChI is InChI=1S/C28H24BBrCl2N2O8/c1-33-25(38)27(31)11-17-15(21(28(27,32)26(33)39)12-8-18(30)22(35)19(9-12)42-2)6-7-16-20(17)24(37)34(23(16)36)14-5-3-4-13(10-14)29(40)41/h3-6,8-10,16-17,20-21,35,40-41H,7,11H2,1-2H3/t16-,17+,20-,21-,27+,28-/m0/s1. The van der Waals surface area contributed by atoms with Gasteiger partial charge in [-0.05, 0) is 70.0 Å². The number of aromatic hydroxyl groups is 1. The second kappa shape index (κ2) is 9.82. The number of carbonyl (C=O) groups is 4. The lowest BCUT2D eigenvalue weighted by Gasteiger charge is -2.50. The van der Waals surface area contributed by atoms with E-state index < -0.39 is 64.2 Å². The van der Waals surface area contributed by atoms with Crippen molar-refractivity contribution in [1.82, 2.24) is 4.90 Å². The van der Waals surface area contributed by atoms with Crippen molar-refractivity contribution in [1.29, 1.82) is 0 Å². The van der Waals surface area contributed by atoms with Crippen LogP contribution in [0.2, 0.25) is 0 Å². The number of carbonyl (C=O) groups excluding carboxylic acids is 4. The molecule has 42 heavy (non-hydrogen) atoms. The van der Waals surface area contributed by atoms with Crippen molar-refractivity contribution in [3.63, 3.8) is 0 Å². The number of fused-ring (bicyclic) bond motifs is 4. The first-order valence-corrected chi connectivity index (χ1v) is 14.6. The van der Waals surface area contributed by atoms with Crippen molar-refractivity contribution in [3.05, 3.63) is 58.1 Å². The van der Waals surface area contributed by atoms with Crippen molar-refractivity contribution in [2.45, 2.75) is 28.5 Å². The number of phenolic OH excluding ortho intramolecular Hbond substituents is 1. The van der Waals surface area contributed by atoms with Crippen LogP contribution < -0.4 is 15.1 Å². The Kier molecular flexibility index (Phi) is 6.82. The van der Waals surface area contributed by atoms with Crippen LogP contribution in [0.15, 0.2) is 52.5 Å². The predicted molar refractivity (Wildman–Crippen MR) is 157 cm³/mol. The molecule has 6 rings (SSSR count). The molecule has 2 heterocycles. The van der Waals surface area contributed by atoms with Gasteiger partial charge in [0.2, 0.25) is 11.8 Å². The van der Waals surface area contributed by atoms with Crippen LogP contribution in [0.4, 0.5) is 5.69 Å². The van der Waals surface area contributed by atoms with Gasteiger partial charge in [-0.15, -0.1) is 23.2 Å². The number of amides is 4. The summed E-state index contributed by atoms with van der Waals surface area (Å²) in [7, 11) is 0.865. The van der Waals surface area contributed by atoms with Crippen LogP contribution in [-0.4, -0.2) is 74.7 Å².